The largest absolute Gasteiger partial charge is 0.465 e. The average molecular weight is 306 g/mol. The second kappa shape index (κ2) is 6.48. The van der Waals surface area contributed by atoms with E-state index in [2.05, 4.69) is 22.0 Å². The number of aromatic nitrogens is 1. The van der Waals surface area contributed by atoms with E-state index in [9.17, 15) is 4.79 Å². The molecule has 0 aliphatic carbocycles. The van der Waals surface area contributed by atoms with E-state index >= 15 is 0 Å². The lowest BCUT2D eigenvalue weighted by molar-refractivity contribution is 0.0602. The summed E-state index contributed by atoms with van der Waals surface area (Å²) in [6.45, 7) is 0.745. The van der Waals surface area contributed by atoms with E-state index in [1.54, 1.807) is 6.20 Å². The van der Waals surface area contributed by atoms with Crippen molar-refractivity contribution in [1.82, 2.24) is 4.98 Å². The average Bonchev–Trinajstić information content (AvgIpc) is 2.61. The molecule has 3 aromatic rings. The van der Waals surface area contributed by atoms with Crippen molar-refractivity contribution in [3.8, 4) is 0 Å². The molecular weight excluding hydrogens is 288 g/mol. The van der Waals surface area contributed by atoms with Gasteiger partial charge in [-0.2, -0.15) is 0 Å². The minimum absolute atomic E-state index is 0.369. The Morgan fingerprint density at radius 1 is 1.04 bits per heavy atom. The second-order valence-electron chi connectivity index (χ2n) is 5.37. The van der Waals surface area contributed by atoms with E-state index in [1.165, 1.54) is 12.7 Å². The van der Waals surface area contributed by atoms with Gasteiger partial charge < -0.3 is 9.64 Å². The van der Waals surface area contributed by atoms with Crippen LogP contribution < -0.4 is 4.90 Å². The van der Waals surface area contributed by atoms with Crippen LogP contribution in [-0.2, 0) is 11.3 Å². The van der Waals surface area contributed by atoms with E-state index in [-0.39, 0.29) is 5.97 Å². The topological polar surface area (TPSA) is 42.4 Å². The Labute approximate surface area is 135 Å². The maximum Gasteiger partial charge on any atom is 0.340 e. The molecule has 0 aliphatic heterocycles. The number of benzene rings is 2. The SMILES string of the molecule is COC(=O)c1cnc(N(C)Cc2ccccc2)c2ccccc12. The highest BCUT2D eigenvalue weighted by Crippen LogP contribution is 2.27. The lowest BCUT2D eigenvalue weighted by atomic mass is 10.1. The van der Waals surface area contributed by atoms with E-state index in [0.29, 0.717) is 5.56 Å². The molecule has 1 heterocycles. The standard InChI is InChI=1S/C19H18N2O2/c1-21(13-14-8-4-3-5-9-14)18-16-11-7-6-10-15(16)17(12-20-18)19(22)23-2/h3-12H,13H2,1-2H3. The normalized spacial score (nSPS) is 10.5. The molecule has 0 saturated heterocycles. The van der Waals surface area contributed by atoms with E-state index in [4.69, 9.17) is 4.74 Å². The number of hydrogen-bond donors (Lipinski definition) is 0. The first-order chi connectivity index (χ1) is 11.2. The number of carbonyl (C=O) groups is 1. The molecule has 0 radical (unpaired) electrons. The predicted octanol–water partition coefficient (Wildman–Crippen LogP) is 3.66. The van der Waals surface area contributed by atoms with Crippen LogP contribution in [-0.4, -0.2) is 25.1 Å². The molecule has 0 amide bonds. The zero-order valence-corrected chi connectivity index (χ0v) is 13.2. The molecule has 0 unspecified atom stereocenters. The van der Waals surface area contributed by atoms with Crippen LogP contribution in [0.25, 0.3) is 10.8 Å². The predicted molar refractivity (Wildman–Crippen MR) is 91.6 cm³/mol. The summed E-state index contributed by atoms with van der Waals surface area (Å²) in [5.74, 6) is 0.475. The van der Waals surface area contributed by atoms with Gasteiger partial charge in [-0.3, -0.25) is 0 Å². The smallest absolute Gasteiger partial charge is 0.340 e. The van der Waals surface area contributed by atoms with Crippen molar-refractivity contribution in [3.05, 3.63) is 71.9 Å². The molecule has 4 heteroatoms. The lowest BCUT2D eigenvalue weighted by Gasteiger charge is -2.20. The van der Waals surface area contributed by atoms with Gasteiger partial charge in [0.1, 0.15) is 5.82 Å². The minimum atomic E-state index is -0.369. The summed E-state index contributed by atoms with van der Waals surface area (Å²) in [5.41, 5.74) is 1.69. The number of hydrogen-bond acceptors (Lipinski definition) is 4. The van der Waals surface area contributed by atoms with Gasteiger partial charge in [0, 0.05) is 30.6 Å². The van der Waals surface area contributed by atoms with Crippen molar-refractivity contribution in [1.29, 1.82) is 0 Å². The van der Waals surface area contributed by atoms with Gasteiger partial charge in [0.15, 0.2) is 0 Å². The number of methoxy groups -OCH3 is 1. The second-order valence-corrected chi connectivity index (χ2v) is 5.37. The molecular formula is C19H18N2O2. The van der Waals surface area contributed by atoms with Crippen LogP contribution in [0.1, 0.15) is 15.9 Å². The fourth-order valence-corrected chi connectivity index (χ4v) is 2.69. The Hall–Kier alpha value is -2.88. The van der Waals surface area contributed by atoms with E-state index in [1.807, 2.05) is 49.5 Å². The Kier molecular flexibility index (Phi) is 4.24. The van der Waals surface area contributed by atoms with Crippen LogP contribution in [0.3, 0.4) is 0 Å². The first kappa shape index (κ1) is 15.0. The van der Waals surface area contributed by atoms with Crippen molar-refractivity contribution < 1.29 is 9.53 Å². The summed E-state index contributed by atoms with van der Waals surface area (Å²) in [5, 5.41) is 1.79. The number of ether oxygens (including phenoxy) is 1. The minimum Gasteiger partial charge on any atom is -0.465 e. The molecule has 4 nitrogen and oxygen atoms in total. The van der Waals surface area contributed by atoms with E-state index < -0.39 is 0 Å². The highest BCUT2D eigenvalue weighted by Gasteiger charge is 2.15. The van der Waals surface area contributed by atoms with Crippen LogP contribution >= 0.6 is 0 Å². The molecule has 23 heavy (non-hydrogen) atoms. The van der Waals surface area contributed by atoms with Gasteiger partial charge in [-0.25, -0.2) is 9.78 Å². The van der Waals surface area contributed by atoms with Crippen LogP contribution in [0.5, 0.6) is 0 Å². The highest BCUT2D eigenvalue weighted by molar-refractivity contribution is 6.07. The number of esters is 1. The summed E-state index contributed by atoms with van der Waals surface area (Å²) in [6.07, 6.45) is 1.59. The van der Waals surface area contributed by atoms with Crippen molar-refractivity contribution in [2.75, 3.05) is 19.1 Å². The molecule has 0 atom stereocenters. The Bertz CT molecular complexity index is 831. The number of carbonyl (C=O) groups excluding carboxylic acids is 1. The quantitative estimate of drug-likeness (QED) is 0.690. The molecule has 116 valence electrons. The molecule has 0 fully saturated rings. The first-order valence-electron chi connectivity index (χ1n) is 7.42. The molecule has 0 bridgehead atoms. The van der Waals surface area contributed by atoms with E-state index in [0.717, 1.165) is 23.1 Å². The van der Waals surface area contributed by atoms with Gasteiger partial charge in [0.2, 0.25) is 0 Å². The van der Waals surface area contributed by atoms with Gasteiger partial charge in [-0.1, -0.05) is 54.6 Å². The molecule has 1 aromatic heterocycles. The summed E-state index contributed by atoms with van der Waals surface area (Å²) < 4.78 is 4.85. The van der Waals surface area contributed by atoms with Crippen molar-refractivity contribution in [3.63, 3.8) is 0 Å². The summed E-state index contributed by atoms with van der Waals surface area (Å²) in [4.78, 5) is 18.5. The van der Waals surface area contributed by atoms with Crippen LogP contribution in [0.4, 0.5) is 5.82 Å². The van der Waals surface area contributed by atoms with Crippen LogP contribution in [0, 0.1) is 0 Å². The number of anilines is 1. The Morgan fingerprint density at radius 3 is 2.39 bits per heavy atom. The van der Waals surface area contributed by atoms with Crippen LogP contribution in [0.15, 0.2) is 60.8 Å². The van der Waals surface area contributed by atoms with Crippen molar-refractivity contribution in [2.45, 2.75) is 6.54 Å². The zero-order valence-electron chi connectivity index (χ0n) is 13.2. The Morgan fingerprint density at radius 2 is 1.70 bits per heavy atom. The fraction of sp³-hybridized carbons (Fsp3) is 0.158. The molecule has 2 aromatic carbocycles. The van der Waals surface area contributed by atoms with Gasteiger partial charge in [-0.05, 0) is 5.56 Å². The summed E-state index contributed by atoms with van der Waals surface area (Å²) in [6, 6.07) is 18.0. The number of rotatable bonds is 4. The van der Waals surface area contributed by atoms with Gasteiger partial charge in [0.05, 0.1) is 12.7 Å². The third-order valence-corrected chi connectivity index (χ3v) is 3.80. The van der Waals surface area contributed by atoms with Crippen molar-refractivity contribution >= 4 is 22.6 Å². The molecule has 0 aliphatic rings. The monoisotopic (exact) mass is 306 g/mol. The third kappa shape index (κ3) is 3.01. The first-order valence-corrected chi connectivity index (χ1v) is 7.42. The lowest BCUT2D eigenvalue weighted by Crippen LogP contribution is -2.18. The Balaban J connectivity index is 2.03. The van der Waals surface area contributed by atoms with Gasteiger partial charge in [-0.15, -0.1) is 0 Å². The molecule has 0 spiro atoms. The molecule has 0 saturated carbocycles. The van der Waals surface area contributed by atoms with Crippen LogP contribution in [0.2, 0.25) is 0 Å². The van der Waals surface area contributed by atoms with Crippen molar-refractivity contribution in [2.24, 2.45) is 0 Å². The number of pyridine rings is 1. The zero-order chi connectivity index (χ0) is 16.2. The highest BCUT2D eigenvalue weighted by atomic mass is 16.5. The molecule has 0 N–H and O–H groups in total. The maximum absolute atomic E-state index is 11.9. The molecule has 3 rings (SSSR count). The van der Waals surface area contributed by atoms with Gasteiger partial charge >= 0.3 is 5.97 Å². The fourth-order valence-electron chi connectivity index (χ4n) is 2.69. The third-order valence-electron chi connectivity index (χ3n) is 3.80. The maximum atomic E-state index is 11.9. The summed E-state index contributed by atoms with van der Waals surface area (Å²) >= 11 is 0. The summed E-state index contributed by atoms with van der Waals surface area (Å²) in [7, 11) is 3.38. The van der Waals surface area contributed by atoms with Gasteiger partial charge in [0.25, 0.3) is 0 Å². The number of nitrogens with zero attached hydrogens (tertiary/aromatic N) is 2. The number of fused-ring (bicyclic) bond motifs is 1.